The topological polar surface area (TPSA) is 66.0 Å². The molecule has 2 saturated heterocycles. The number of hydrogen-bond donors (Lipinski definition) is 2. The molecule has 2 fully saturated rings. The second-order valence-electron chi connectivity index (χ2n) is 7.13. The lowest BCUT2D eigenvalue weighted by Crippen LogP contribution is -2.76. The lowest BCUT2D eigenvalue weighted by molar-refractivity contribution is 0.159. The van der Waals surface area contributed by atoms with Gasteiger partial charge in [0.15, 0.2) is 5.82 Å². The molecule has 0 bridgehead atoms. The van der Waals surface area contributed by atoms with Crippen LogP contribution in [0.15, 0.2) is 36.7 Å². The van der Waals surface area contributed by atoms with Crippen molar-refractivity contribution >= 4 is 28.4 Å². The van der Waals surface area contributed by atoms with Crippen LogP contribution < -0.4 is 15.5 Å². The van der Waals surface area contributed by atoms with E-state index in [-0.39, 0.29) is 11.4 Å². The number of anilines is 3. The quantitative estimate of drug-likeness (QED) is 0.757. The normalized spacial score (nSPS) is 17.8. The minimum atomic E-state index is -0.281. The van der Waals surface area contributed by atoms with Gasteiger partial charge in [-0.05, 0) is 43.7 Å². The Kier molecular flexibility index (Phi) is 3.33. The van der Waals surface area contributed by atoms with Gasteiger partial charge in [-0.25, -0.2) is 19.3 Å². The van der Waals surface area contributed by atoms with Crippen LogP contribution in [0.3, 0.4) is 0 Å². The zero-order valence-corrected chi connectivity index (χ0v) is 14.5. The third-order valence-corrected chi connectivity index (χ3v) is 5.33. The summed E-state index contributed by atoms with van der Waals surface area (Å²) in [5.41, 5.74) is 2.64. The highest BCUT2D eigenvalue weighted by Gasteiger charge is 2.47. The van der Waals surface area contributed by atoms with Crippen molar-refractivity contribution in [1.82, 2.24) is 20.3 Å². The molecule has 0 amide bonds. The standard InChI is InChI=1S/C19H19FN6/c1-12-3-2-4-13(16(12)20)24-18-17-14(21-11-22-18)5-6-15(25-17)26-9-19(10-26)7-8-23-19/h2-6,11,23H,7-10H2,1H3,(H,21,22,24). The molecule has 1 spiro atoms. The first-order valence-corrected chi connectivity index (χ1v) is 8.77. The first kappa shape index (κ1) is 15.5. The number of nitrogens with zero attached hydrogens (tertiary/aromatic N) is 4. The second-order valence-corrected chi connectivity index (χ2v) is 7.13. The molecule has 2 aromatic heterocycles. The SMILES string of the molecule is Cc1cccc(Nc2ncnc3ccc(N4CC5(CCN5)C4)nc23)c1F. The Hall–Kier alpha value is -2.80. The van der Waals surface area contributed by atoms with E-state index >= 15 is 0 Å². The molecule has 0 radical (unpaired) electrons. The fraction of sp³-hybridized carbons (Fsp3) is 0.316. The van der Waals surface area contributed by atoms with E-state index in [1.807, 2.05) is 18.2 Å². The average molecular weight is 350 g/mol. The molecule has 132 valence electrons. The molecule has 3 aromatic rings. The van der Waals surface area contributed by atoms with Crippen molar-refractivity contribution in [2.24, 2.45) is 0 Å². The smallest absolute Gasteiger partial charge is 0.160 e. The van der Waals surface area contributed by atoms with Gasteiger partial charge in [0.2, 0.25) is 0 Å². The Morgan fingerprint density at radius 1 is 1.19 bits per heavy atom. The van der Waals surface area contributed by atoms with E-state index in [9.17, 15) is 4.39 Å². The van der Waals surface area contributed by atoms with Gasteiger partial charge in [0.05, 0.1) is 16.7 Å². The molecule has 0 saturated carbocycles. The first-order valence-electron chi connectivity index (χ1n) is 8.77. The second kappa shape index (κ2) is 5.60. The summed E-state index contributed by atoms with van der Waals surface area (Å²) in [6, 6.07) is 9.17. The summed E-state index contributed by atoms with van der Waals surface area (Å²) in [6.45, 7) is 4.77. The van der Waals surface area contributed by atoms with E-state index in [2.05, 4.69) is 25.5 Å². The van der Waals surface area contributed by atoms with Gasteiger partial charge in [-0.15, -0.1) is 0 Å². The van der Waals surface area contributed by atoms with Crippen LogP contribution in [-0.4, -0.2) is 40.1 Å². The van der Waals surface area contributed by atoms with E-state index in [1.54, 1.807) is 19.1 Å². The number of hydrogen-bond acceptors (Lipinski definition) is 6. The molecule has 6 nitrogen and oxygen atoms in total. The lowest BCUT2D eigenvalue weighted by atomic mass is 9.80. The van der Waals surface area contributed by atoms with E-state index in [0.29, 0.717) is 22.6 Å². The summed E-state index contributed by atoms with van der Waals surface area (Å²) in [5.74, 6) is 1.13. The van der Waals surface area contributed by atoms with Crippen molar-refractivity contribution in [3.8, 4) is 0 Å². The van der Waals surface area contributed by atoms with E-state index in [1.165, 1.54) is 12.7 Å². The Bertz CT molecular complexity index is 992. The predicted octanol–water partition coefficient (Wildman–Crippen LogP) is 2.77. The molecule has 0 unspecified atom stereocenters. The number of rotatable bonds is 3. The van der Waals surface area contributed by atoms with Crippen molar-refractivity contribution in [2.45, 2.75) is 18.9 Å². The molecular formula is C19H19FN6. The van der Waals surface area contributed by atoms with Crippen LogP contribution in [0.4, 0.5) is 21.7 Å². The number of benzene rings is 1. The van der Waals surface area contributed by atoms with E-state index in [4.69, 9.17) is 4.98 Å². The predicted molar refractivity (Wildman–Crippen MR) is 99.3 cm³/mol. The van der Waals surface area contributed by atoms with Crippen molar-refractivity contribution < 1.29 is 4.39 Å². The molecule has 5 rings (SSSR count). The van der Waals surface area contributed by atoms with Crippen LogP contribution in [0.25, 0.3) is 11.0 Å². The molecule has 2 aliphatic heterocycles. The number of aryl methyl sites for hydroxylation is 1. The zero-order valence-electron chi connectivity index (χ0n) is 14.5. The van der Waals surface area contributed by atoms with Crippen LogP contribution in [-0.2, 0) is 0 Å². The van der Waals surface area contributed by atoms with Crippen LogP contribution in [0.5, 0.6) is 0 Å². The zero-order chi connectivity index (χ0) is 17.7. The summed E-state index contributed by atoms with van der Waals surface area (Å²) in [7, 11) is 0. The van der Waals surface area contributed by atoms with Gasteiger partial charge in [0.1, 0.15) is 23.5 Å². The molecular weight excluding hydrogens is 331 g/mol. The number of halogens is 1. The Morgan fingerprint density at radius 2 is 2.04 bits per heavy atom. The summed E-state index contributed by atoms with van der Waals surface area (Å²) in [4.78, 5) is 15.6. The van der Waals surface area contributed by atoms with Crippen LogP contribution >= 0.6 is 0 Å². The summed E-state index contributed by atoms with van der Waals surface area (Å²) < 4.78 is 14.3. The fourth-order valence-corrected chi connectivity index (χ4v) is 3.66. The molecule has 2 aliphatic rings. The summed E-state index contributed by atoms with van der Waals surface area (Å²) >= 11 is 0. The van der Waals surface area contributed by atoms with Gasteiger partial charge in [-0.2, -0.15) is 0 Å². The Labute approximate surface area is 150 Å². The minimum absolute atomic E-state index is 0.281. The molecule has 7 heteroatoms. The van der Waals surface area contributed by atoms with Crippen LogP contribution in [0.1, 0.15) is 12.0 Å². The maximum absolute atomic E-state index is 14.3. The Balaban J connectivity index is 1.49. The highest BCUT2D eigenvalue weighted by atomic mass is 19.1. The maximum Gasteiger partial charge on any atom is 0.160 e. The van der Waals surface area contributed by atoms with Crippen LogP contribution in [0, 0.1) is 12.7 Å². The fourth-order valence-electron chi connectivity index (χ4n) is 3.66. The largest absolute Gasteiger partial charge is 0.353 e. The van der Waals surface area contributed by atoms with Crippen molar-refractivity contribution in [3.05, 3.63) is 48.0 Å². The highest BCUT2D eigenvalue weighted by Crippen LogP contribution is 2.34. The van der Waals surface area contributed by atoms with Gasteiger partial charge >= 0.3 is 0 Å². The monoisotopic (exact) mass is 350 g/mol. The highest BCUT2D eigenvalue weighted by molar-refractivity contribution is 5.88. The third kappa shape index (κ3) is 2.39. The molecule has 1 aromatic carbocycles. The van der Waals surface area contributed by atoms with Gasteiger partial charge < -0.3 is 15.5 Å². The van der Waals surface area contributed by atoms with Crippen molar-refractivity contribution in [1.29, 1.82) is 0 Å². The van der Waals surface area contributed by atoms with Gasteiger partial charge in [-0.3, -0.25) is 0 Å². The maximum atomic E-state index is 14.3. The number of aromatic nitrogens is 3. The average Bonchev–Trinajstić information content (AvgIpc) is 2.57. The summed E-state index contributed by atoms with van der Waals surface area (Å²) in [5, 5.41) is 6.58. The molecule has 2 N–H and O–H groups in total. The molecule has 4 heterocycles. The molecule has 0 aliphatic carbocycles. The lowest BCUT2D eigenvalue weighted by Gasteiger charge is -2.56. The van der Waals surface area contributed by atoms with Gasteiger partial charge in [0.25, 0.3) is 0 Å². The van der Waals surface area contributed by atoms with Crippen molar-refractivity contribution in [3.63, 3.8) is 0 Å². The first-order chi connectivity index (χ1) is 12.6. The van der Waals surface area contributed by atoms with Crippen molar-refractivity contribution in [2.75, 3.05) is 29.9 Å². The third-order valence-electron chi connectivity index (χ3n) is 5.33. The van der Waals surface area contributed by atoms with Gasteiger partial charge in [-0.1, -0.05) is 12.1 Å². The van der Waals surface area contributed by atoms with Crippen LogP contribution in [0.2, 0.25) is 0 Å². The Morgan fingerprint density at radius 3 is 2.81 bits per heavy atom. The van der Waals surface area contributed by atoms with E-state index < -0.39 is 0 Å². The number of nitrogens with one attached hydrogen (secondary N) is 2. The minimum Gasteiger partial charge on any atom is -0.353 e. The number of fused-ring (bicyclic) bond motifs is 1. The molecule has 26 heavy (non-hydrogen) atoms. The van der Waals surface area contributed by atoms with Gasteiger partial charge in [0, 0.05) is 13.1 Å². The number of pyridine rings is 1. The summed E-state index contributed by atoms with van der Waals surface area (Å²) in [6.07, 6.45) is 2.69. The molecule has 0 atom stereocenters. The van der Waals surface area contributed by atoms with E-state index in [0.717, 1.165) is 31.0 Å².